The van der Waals surface area contributed by atoms with E-state index >= 15 is 0 Å². The fraction of sp³-hybridized carbons (Fsp3) is 0.182. The van der Waals surface area contributed by atoms with E-state index < -0.39 is 4.92 Å². The van der Waals surface area contributed by atoms with Crippen molar-refractivity contribution in [2.24, 2.45) is 0 Å². The van der Waals surface area contributed by atoms with Gasteiger partial charge in [-0.2, -0.15) is 5.26 Å². The normalized spacial score (nSPS) is 8.88. The van der Waals surface area contributed by atoms with Crippen molar-refractivity contribution < 1.29 is 4.92 Å². The van der Waals surface area contributed by atoms with E-state index in [1.807, 2.05) is 6.07 Å². The average molecular weight is 215 g/mol. The topological polar surface area (TPSA) is 79.0 Å². The summed E-state index contributed by atoms with van der Waals surface area (Å²) < 4.78 is 0. The lowest BCUT2D eigenvalue weighted by atomic mass is 10.2. The van der Waals surface area contributed by atoms with Crippen LogP contribution in [0.1, 0.15) is 12.0 Å². The summed E-state index contributed by atoms with van der Waals surface area (Å²) in [5.74, 6) is 2.42. The monoisotopic (exact) mass is 215 g/mol. The predicted molar refractivity (Wildman–Crippen MR) is 59.8 cm³/mol. The highest BCUT2D eigenvalue weighted by atomic mass is 16.6. The van der Waals surface area contributed by atoms with Crippen LogP contribution in [0.15, 0.2) is 18.2 Å². The minimum atomic E-state index is -0.501. The molecule has 5 heteroatoms. The molecule has 1 aromatic carbocycles. The van der Waals surface area contributed by atoms with Crippen molar-refractivity contribution in [3.8, 4) is 18.4 Å². The Morgan fingerprint density at radius 2 is 2.31 bits per heavy atom. The predicted octanol–water partition coefficient (Wildman–Crippen LogP) is 1.90. The molecule has 16 heavy (non-hydrogen) atoms. The molecular weight excluding hydrogens is 206 g/mol. The van der Waals surface area contributed by atoms with E-state index in [-0.39, 0.29) is 5.69 Å². The molecule has 80 valence electrons. The first-order valence-corrected chi connectivity index (χ1v) is 4.55. The number of terminal acetylenes is 1. The van der Waals surface area contributed by atoms with E-state index in [2.05, 4.69) is 11.2 Å². The Kier molecular flexibility index (Phi) is 3.88. The Hall–Kier alpha value is -2.53. The Morgan fingerprint density at radius 1 is 1.56 bits per heavy atom. The number of nitrogens with zero attached hydrogens (tertiary/aromatic N) is 2. The molecule has 0 aliphatic heterocycles. The van der Waals surface area contributed by atoms with Crippen LogP contribution in [-0.4, -0.2) is 11.5 Å². The summed E-state index contributed by atoms with van der Waals surface area (Å²) in [5.41, 5.74) is 0.629. The van der Waals surface area contributed by atoms with Crippen LogP contribution in [0.5, 0.6) is 0 Å². The molecule has 1 N–H and O–H groups in total. The van der Waals surface area contributed by atoms with Crippen LogP contribution in [0.4, 0.5) is 11.4 Å². The summed E-state index contributed by atoms with van der Waals surface area (Å²) in [6.07, 6.45) is 5.54. The average Bonchev–Trinajstić information content (AvgIpc) is 2.29. The number of hydrogen-bond acceptors (Lipinski definition) is 4. The first-order valence-electron chi connectivity index (χ1n) is 4.55. The largest absolute Gasteiger partial charge is 0.378 e. The van der Waals surface area contributed by atoms with Crippen molar-refractivity contribution in [1.82, 2.24) is 0 Å². The zero-order valence-electron chi connectivity index (χ0n) is 8.43. The highest BCUT2D eigenvalue weighted by molar-refractivity contribution is 5.64. The van der Waals surface area contributed by atoms with Gasteiger partial charge in [-0.25, -0.2) is 0 Å². The van der Waals surface area contributed by atoms with Crippen LogP contribution >= 0.6 is 0 Å². The standard InChI is InChI=1S/C11H9N3O2/c1-2-3-6-13-10-7-9(8-12)4-5-11(10)14(15)16/h1,4-5,7,13H,3,6H2. The Bertz CT molecular complexity index is 483. The van der Waals surface area contributed by atoms with Gasteiger partial charge in [-0.05, 0) is 12.1 Å². The van der Waals surface area contributed by atoms with Gasteiger partial charge >= 0.3 is 0 Å². The molecule has 0 aromatic heterocycles. The Balaban J connectivity index is 2.98. The second-order valence-corrected chi connectivity index (χ2v) is 2.98. The lowest BCUT2D eigenvalue weighted by Gasteiger charge is -2.05. The van der Waals surface area contributed by atoms with Crippen LogP contribution in [0.2, 0.25) is 0 Å². The molecule has 0 unspecified atom stereocenters. The van der Waals surface area contributed by atoms with Crippen molar-refractivity contribution in [2.45, 2.75) is 6.42 Å². The third kappa shape index (κ3) is 2.73. The van der Waals surface area contributed by atoms with Gasteiger partial charge in [-0.1, -0.05) is 0 Å². The molecule has 5 nitrogen and oxygen atoms in total. The van der Waals surface area contributed by atoms with Crippen molar-refractivity contribution in [3.63, 3.8) is 0 Å². The maximum Gasteiger partial charge on any atom is 0.292 e. The third-order valence-corrected chi connectivity index (χ3v) is 1.91. The quantitative estimate of drug-likeness (QED) is 0.360. The second kappa shape index (κ2) is 5.38. The first-order chi connectivity index (χ1) is 7.69. The molecule has 0 spiro atoms. The van der Waals surface area contributed by atoms with E-state index in [1.165, 1.54) is 18.2 Å². The van der Waals surface area contributed by atoms with E-state index in [0.717, 1.165) is 0 Å². The molecule has 1 aromatic rings. The van der Waals surface area contributed by atoms with Crippen molar-refractivity contribution in [3.05, 3.63) is 33.9 Å². The zero-order valence-corrected chi connectivity index (χ0v) is 8.43. The van der Waals surface area contributed by atoms with Gasteiger partial charge in [0.1, 0.15) is 5.69 Å². The van der Waals surface area contributed by atoms with Crippen molar-refractivity contribution in [1.29, 1.82) is 5.26 Å². The van der Waals surface area contributed by atoms with E-state index in [4.69, 9.17) is 11.7 Å². The molecule has 0 heterocycles. The summed E-state index contributed by atoms with van der Waals surface area (Å²) in [7, 11) is 0. The minimum absolute atomic E-state index is 0.0592. The molecule has 0 amide bonds. The summed E-state index contributed by atoms with van der Waals surface area (Å²) in [5, 5.41) is 22.2. The highest BCUT2D eigenvalue weighted by Gasteiger charge is 2.13. The number of nitriles is 1. The first kappa shape index (κ1) is 11.5. The molecule has 0 aliphatic rings. The zero-order chi connectivity index (χ0) is 12.0. The number of rotatable bonds is 4. The fourth-order valence-corrected chi connectivity index (χ4v) is 1.18. The second-order valence-electron chi connectivity index (χ2n) is 2.98. The van der Waals surface area contributed by atoms with Crippen molar-refractivity contribution in [2.75, 3.05) is 11.9 Å². The number of nitrogens with one attached hydrogen (secondary N) is 1. The van der Waals surface area contributed by atoms with Crippen LogP contribution in [0.3, 0.4) is 0 Å². The molecule has 0 saturated carbocycles. The molecule has 0 atom stereocenters. The highest BCUT2D eigenvalue weighted by Crippen LogP contribution is 2.24. The lowest BCUT2D eigenvalue weighted by Crippen LogP contribution is -2.03. The maximum absolute atomic E-state index is 10.7. The SMILES string of the molecule is C#CCCNc1cc(C#N)ccc1[N+](=O)[O-]. The number of benzene rings is 1. The number of nitro groups is 1. The van der Waals surface area contributed by atoms with Crippen molar-refractivity contribution >= 4 is 11.4 Å². The number of nitro benzene ring substituents is 1. The van der Waals surface area contributed by atoms with Gasteiger partial charge in [-0.3, -0.25) is 10.1 Å². The van der Waals surface area contributed by atoms with E-state index in [9.17, 15) is 10.1 Å². The minimum Gasteiger partial charge on any atom is -0.378 e. The van der Waals surface area contributed by atoms with Crippen LogP contribution in [0, 0.1) is 33.8 Å². The summed E-state index contributed by atoms with van der Waals surface area (Å²) in [6.45, 7) is 0.437. The van der Waals surface area contributed by atoms with Crippen LogP contribution in [0.25, 0.3) is 0 Å². The summed E-state index contributed by atoms with van der Waals surface area (Å²) in [4.78, 5) is 10.2. The van der Waals surface area contributed by atoms with Gasteiger partial charge < -0.3 is 5.32 Å². The Morgan fingerprint density at radius 3 is 2.88 bits per heavy atom. The Labute approximate surface area is 92.9 Å². The molecular formula is C11H9N3O2. The summed E-state index contributed by atoms with van der Waals surface area (Å²) >= 11 is 0. The molecule has 0 fully saturated rings. The van der Waals surface area contributed by atoms with E-state index in [0.29, 0.717) is 24.2 Å². The third-order valence-electron chi connectivity index (χ3n) is 1.91. The van der Waals surface area contributed by atoms with Crippen LogP contribution in [-0.2, 0) is 0 Å². The fourth-order valence-electron chi connectivity index (χ4n) is 1.18. The van der Waals surface area contributed by atoms with Gasteiger partial charge in [0.15, 0.2) is 0 Å². The van der Waals surface area contributed by atoms with Gasteiger partial charge in [0.05, 0.1) is 16.6 Å². The smallest absolute Gasteiger partial charge is 0.292 e. The summed E-state index contributed by atoms with van der Waals surface area (Å²) in [6, 6.07) is 6.07. The molecule has 0 aliphatic carbocycles. The molecule has 1 rings (SSSR count). The van der Waals surface area contributed by atoms with Gasteiger partial charge in [-0.15, -0.1) is 12.3 Å². The molecule has 0 bridgehead atoms. The number of anilines is 1. The molecule has 0 saturated heterocycles. The van der Waals surface area contributed by atoms with Crippen LogP contribution < -0.4 is 5.32 Å². The van der Waals surface area contributed by atoms with Gasteiger partial charge in [0.2, 0.25) is 0 Å². The van der Waals surface area contributed by atoms with E-state index in [1.54, 1.807) is 0 Å². The number of hydrogen-bond donors (Lipinski definition) is 1. The molecule has 0 radical (unpaired) electrons. The lowest BCUT2D eigenvalue weighted by molar-refractivity contribution is -0.384. The van der Waals surface area contributed by atoms with Gasteiger partial charge in [0.25, 0.3) is 5.69 Å². The maximum atomic E-state index is 10.7. The van der Waals surface area contributed by atoms with Gasteiger partial charge in [0, 0.05) is 19.0 Å².